The van der Waals surface area contributed by atoms with Crippen LogP contribution in [0.15, 0.2) is 12.3 Å². The van der Waals surface area contributed by atoms with Crippen molar-refractivity contribution in [2.45, 2.75) is 26.7 Å². The molecule has 2 rings (SSSR count). The van der Waals surface area contributed by atoms with Crippen LogP contribution in [-0.2, 0) is 31.9 Å². The van der Waals surface area contributed by atoms with Gasteiger partial charge in [0.15, 0.2) is 5.41 Å². The van der Waals surface area contributed by atoms with Crippen molar-refractivity contribution in [2.75, 3.05) is 18.9 Å². The van der Waals surface area contributed by atoms with Gasteiger partial charge in [-0.3, -0.25) is 9.59 Å². The smallest absolute Gasteiger partial charge is 0.324 e. The highest BCUT2D eigenvalue weighted by molar-refractivity contribution is 6.01. The zero-order chi connectivity index (χ0) is 14.8. The lowest BCUT2D eigenvalue weighted by molar-refractivity contribution is -0.171. The van der Waals surface area contributed by atoms with Crippen LogP contribution in [0.4, 0.5) is 5.82 Å². The van der Waals surface area contributed by atoms with Gasteiger partial charge in [-0.05, 0) is 37.5 Å². The number of nitrogens with zero attached hydrogens (tertiary/aromatic N) is 1. The van der Waals surface area contributed by atoms with Gasteiger partial charge < -0.3 is 15.2 Å². The summed E-state index contributed by atoms with van der Waals surface area (Å²) in [5.41, 5.74) is 6.02. The molecule has 0 unspecified atom stereocenters. The molecule has 1 aliphatic carbocycles. The zero-order valence-corrected chi connectivity index (χ0v) is 11.6. The third-order valence-corrected chi connectivity index (χ3v) is 3.42. The Kier molecular flexibility index (Phi) is 3.92. The average molecular weight is 278 g/mol. The molecule has 1 aliphatic rings. The Balaban J connectivity index is 2.37. The number of ether oxygens (including phenoxy) is 2. The summed E-state index contributed by atoms with van der Waals surface area (Å²) in [6.07, 6.45) is 2.09. The fourth-order valence-corrected chi connectivity index (χ4v) is 2.49. The number of nitrogens with two attached hydrogens (primary N) is 1. The van der Waals surface area contributed by atoms with Crippen LogP contribution in [-0.4, -0.2) is 30.1 Å². The summed E-state index contributed by atoms with van der Waals surface area (Å²) in [5, 5.41) is 0. The maximum absolute atomic E-state index is 12.3. The third kappa shape index (κ3) is 2.33. The maximum Gasteiger partial charge on any atom is 0.324 e. The molecule has 0 spiro atoms. The summed E-state index contributed by atoms with van der Waals surface area (Å²) in [7, 11) is 0. The minimum absolute atomic E-state index is 0.219. The summed E-state index contributed by atoms with van der Waals surface area (Å²) in [6.45, 7) is 3.85. The highest BCUT2D eigenvalue weighted by Crippen LogP contribution is 2.39. The van der Waals surface area contributed by atoms with Crippen LogP contribution in [0, 0.1) is 5.41 Å². The van der Waals surface area contributed by atoms with Crippen molar-refractivity contribution in [3.63, 3.8) is 0 Å². The van der Waals surface area contributed by atoms with E-state index in [4.69, 9.17) is 15.2 Å². The van der Waals surface area contributed by atoms with Crippen molar-refractivity contribution >= 4 is 17.8 Å². The van der Waals surface area contributed by atoms with E-state index in [1.165, 1.54) is 0 Å². The summed E-state index contributed by atoms with van der Waals surface area (Å²) in [5.74, 6) is -0.728. The van der Waals surface area contributed by atoms with E-state index >= 15 is 0 Å². The van der Waals surface area contributed by atoms with Crippen molar-refractivity contribution in [3.8, 4) is 0 Å². The number of pyridine rings is 1. The summed E-state index contributed by atoms with van der Waals surface area (Å²) in [4.78, 5) is 28.5. The number of rotatable bonds is 4. The van der Waals surface area contributed by atoms with Gasteiger partial charge in [0.2, 0.25) is 0 Å². The zero-order valence-electron chi connectivity index (χ0n) is 11.6. The number of anilines is 1. The first-order valence-electron chi connectivity index (χ1n) is 6.61. The van der Waals surface area contributed by atoms with Crippen LogP contribution in [0.5, 0.6) is 0 Å². The molecule has 1 heterocycles. The van der Waals surface area contributed by atoms with Crippen LogP contribution < -0.4 is 5.73 Å². The Morgan fingerprint density at radius 2 is 1.75 bits per heavy atom. The fourth-order valence-electron chi connectivity index (χ4n) is 2.49. The van der Waals surface area contributed by atoms with Crippen LogP contribution in [0.25, 0.3) is 0 Å². The lowest BCUT2D eigenvalue weighted by atomic mass is 9.85. The van der Waals surface area contributed by atoms with E-state index in [9.17, 15) is 9.59 Å². The topological polar surface area (TPSA) is 91.5 Å². The third-order valence-electron chi connectivity index (χ3n) is 3.42. The molecule has 108 valence electrons. The van der Waals surface area contributed by atoms with Crippen LogP contribution in [0.2, 0.25) is 0 Å². The second-order valence-electron chi connectivity index (χ2n) is 4.75. The first-order valence-corrected chi connectivity index (χ1v) is 6.61. The van der Waals surface area contributed by atoms with Crippen molar-refractivity contribution in [1.82, 2.24) is 4.98 Å². The van der Waals surface area contributed by atoms with Crippen molar-refractivity contribution in [3.05, 3.63) is 23.4 Å². The molecular weight excluding hydrogens is 260 g/mol. The van der Waals surface area contributed by atoms with E-state index in [2.05, 4.69) is 4.98 Å². The monoisotopic (exact) mass is 278 g/mol. The summed E-state index contributed by atoms with van der Waals surface area (Å²) >= 11 is 0. The Labute approximate surface area is 117 Å². The number of carbonyl (C=O) groups excluding carboxylic acids is 2. The number of fused-ring (bicyclic) bond motifs is 1. The first-order chi connectivity index (χ1) is 9.53. The Bertz CT molecular complexity index is 524. The highest BCUT2D eigenvalue weighted by Gasteiger charge is 2.53. The van der Waals surface area contributed by atoms with Crippen LogP contribution in [0.1, 0.15) is 25.0 Å². The van der Waals surface area contributed by atoms with Gasteiger partial charge in [-0.15, -0.1) is 0 Å². The predicted octanol–water partition coefficient (Wildman–Crippen LogP) is 0.875. The van der Waals surface area contributed by atoms with Crippen molar-refractivity contribution in [2.24, 2.45) is 5.41 Å². The molecule has 0 saturated carbocycles. The van der Waals surface area contributed by atoms with Gasteiger partial charge in [0.05, 0.1) is 13.2 Å². The van der Waals surface area contributed by atoms with Gasteiger partial charge >= 0.3 is 11.9 Å². The van der Waals surface area contributed by atoms with Gasteiger partial charge in [-0.2, -0.15) is 0 Å². The second kappa shape index (κ2) is 5.48. The van der Waals surface area contributed by atoms with E-state index in [0.717, 1.165) is 11.1 Å². The SMILES string of the molecule is CCOC(=O)C1(C(=O)OCC)Cc2cnc(N)cc2C1. The number of esters is 2. The average Bonchev–Trinajstić information content (AvgIpc) is 2.79. The Morgan fingerprint density at radius 1 is 1.20 bits per heavy atom. The molecule has 0 saturated heterocycles. The molecule has 2 N–H and O–H groups in total. The first kappa shape index (κ1) is 14.3. The van der Waals surface area contributed by atoms with Crippen molar-refractivity contribution in [1.29, 1.82) is 0 Å². The number of hydrogen-bond donors (Lipinski definition) is 1. The molecule has 0 amide bonds. The summed E-state index contributed by atoms with van der Waals surface area (Å²) in [6, 6.07) is 1.69. The van der Waals surface area contributed by atoms with Gasteiger partial charge in [0, 0.05) is 12.6 Å². The minimum Gasteiger partial charge on any atom is -0.465 e. The molecule has 1 aromatic heterocycles. The number of hydrogen-bond acceptors (Lipinski definition) is 6. The Morgan fingerprint density at radius 3 is 2.30 bits per heavy atom. The lowest BCUT2D eigenvalue weighted by Crippen LogP contribution is -2.43. The van der Waals surface area contributed by atoms with Crippen molar-refractivity contribution < 1.29 is 19.1 Å². The molecule has 0 radical (unpaired) electrons. The molecule has 1 aromatic rings. The lowest BCUT2D eigenvalue weighted by Gasteiger charge is -2.23. The van der Waals surface area contributed by atoms with E-state index in [1.54, 1.807) is 26.1 Å². The number of aromatic nitrogens is 1. The maximum atomic E-state index is 12.3. The Hall–Kier alpha value is -2.11. The fraction of sp³-hybridized carbons (Fsp3) is 0.500. The number of nitrogen functional groups attached to an aromatic ring is 1. The second-order valence-corrected chi connectivity index (χ2v) is 4.75. The molecule has 20 heavy (non-hydrogen) atoms. The normalized spacial score (nSPS) is 15.5. The molecule has 6 nitrogen and oxygen atoms in total. The quantitative estimate of drug-likeness (QED) is 0.649. The predicted molar refractivity (Wildman–Crippen MR) is 71.8 cm³/mol. The van der Waals surface area contributed by atoms with E-state index < -0.39 is 17.4 Å². The highest BCUT2D eigenvalue weighted by atomic mass is 16.6. The molecule has 0 aromatic carbocycles. The molecule has 0 fully saturated rings. The molecule has 0 bridgehead atoms. The van der Waals surface area contributed by atoms with Gasteiger partial charge in [0.1, 0.15) is 5.82 Å². The van der Waals surface area contributed by atoms with E-state index in [1.807, 2.05) is 0 Å². The molecule has 6 heteroatoms. The largest absolute Gasteiger partial charge is 0.465 e. The molecule has 0 aliphatic heterocycles. The van der Waals surface area contributed by atoms with Crippen LogP contribution >= 0.6 is 0 Å². The van der Waals surface area contributed by atoms with Gasteiger partial charge in [-0.1, -0.05) is 0 Å². The summed E-state index contributed by atoms with van der Waals surface area (Å²) < 4.78 is 10.1. The van der Waals surface area contributed by atoms with E-state index in [-0.39, 0.29) is 26.1 Å². The van der Waals surface area contributed by atoms with Gasteiger partial charge in [0.25, 0.3) is 0 Å². The minimum atomic E-state index is -1.30. The number of carbonyl (C=O) groups is 2. The van der Waals surface area contributed by atoms with Crippen LogP contribution in [0.3, 0.4) is 0 Å². The van der Waals surface area contributed by atoms with E-state index in [0.29, 0.717) is 5.82 Å². The molecular formula is C14H18N2O4. The standard InChI is InChI=1S/C14H18N2O4/c1-3-19-12(17)14(13(18)20-4-2)6-9-5-11(15)16-8-10(9)7-14/h5,8H,3-4,6-7H2,1-2H3,(H2,15,16). The molecule has 0 atom stereocenters. The van der Waals surface area contributed by atoms with Gasteiger partial charge in [-0.25, -0.2) is 4.98 Å².